The van der Waals surface area contributed by atoms with Crippen LogP contribution >= 0.6 is 23.1 Å². The molecule has 0 bridgehead atoms. The number of thiazole rings is 1. The van der Waals surface area contributed by atoms with E-state index in [1.807, 2.05) is 30.5 Å². The average molecular weight is 409 g/mol. The Balaban J connectivity index is 1.58. The predicted molar refractivity (Wildman–Crippen MR) is 101 cm³/mol. The SMILES string of the molecule is Cc1nc(-c2cccc(NC(=O)CSc3ccc(C(F)(F)F)cn3)c2)cs1. The molecule has 0 atom stereocenters. The number of carbonyl (C=O) groups excluding carboxylic acids is 1. The molecule has 0 unspecified atom stereocenters. The average Bonchev–Trinajstić information content (AvgIpc) is 3.06. The zero-order chi connectivity index (χ0) is 19.4. The summed E-state index contributed by atoms with van der Waals surface area (Å²) >= 11 is 2.62. The van der Waals surface area contributed by atoms with Gasteiger partial charge in [-0.15, -0.1) is 11.3 Å². The molecule has 0 aliphatic carbocycles. The summed E-state index contributed by atoms with van der Waals surface area (Å²) in [5.74, 6) is -0.230. The number of thioether (sulfide) groups is 1. The molecule has 0 fully saturated rings. The summed E-state index contributed by atoms with van der Waals surface area (Å²) in [4.78, 5) is 20.3. The molecule has 4 nitrogen and oxygen atoms in total. The lowest BCUT2D eigenvalue weighted by atomic mass is 10.1. The number of alkyl halides is 3. The van der Waals surface area contributed by atoms with Gasteiger partial charge in [-0.05, 0) is 31.2 Å². The van der Waals surface area contributed by atoms with Crippen molar-refractivity contribution in [3.63, 3.8) is 0 Å². The summed E-state index contributed by atoms with van der Waals surface area (Å²) in [7, 11) is 0. The lowest BCUT2D eigenvalue weighted by molar-refractivity contribution is -0.137. The van der Waals surface area contributed by atoms with Gasteiger partial charge in [0.05, 0.1) is 27.0 Å². The van der Waals surface area contributed by atoms with Crippen LogP contribution in [0.1, 0.15) is 10.6 Å². The molecular formula is C18H14F3N3OS2. The fourth-order valence-electron chi connectivity index (χ4n) is 2.22. The van der Waals surface area contributed by atoms with Crippen molar-refractivity contribution in [1.82, 2.24) is 9.97 Å². The van der Waals surface area contributed by atoms with Crippen molar-refractivity contribution in [1.29, 1.82) is 0 Å². The molecular weight excluding hydrogens is 395 g/mol. The molecule has 0 spiro atoms. The standard InChI is InChI=1S/C18H14F3N3OS2/c1-11-23-15(9-26-11)12-3-2-4-14(7-12)24-16(25)10-27-17-6-5-13(8-22-17)18(19,20)21/h2-9H,10H2,1H3,(H,24,25). The van der Waals surface area contributed by atoms with Crippen LogP contribution in [-0.4, -0.2) is 21.6 Å². The Hall–Kier alpha value is -2.39. The third-order valence-electron chi connectivity index (χ3n) is 3.48. The second-order valence-corrected chi connectivity index (χ2v) is 7.61. The molecule has 0 radical (unpaired) electrons. The van der Waals surface area contributed by atoms with Gasteiger partial charge < -0.3 is 5.32 Å². The highest BCUT2D eigenvalue weighted by molar-refractivity contribution is 7.99. The van der Waals surface area contributed by atoms with Gasteiger partial charge in [0.1, 0.15) is 0 Å². The Kier molecular flexibility index (Phi) is 5.81. The number of rotatable bonds is 5. The number of aromatic nitrogens is 2. The minimum Gasteiger partial charge on any atom is -0.325 e. The number of nitrogens with one attached hydrogen (secondary N) is 1. The maximum Gasteiger partial charge on any atom is 0.417 e. The molecule has 0 saturated carbocycles. The number of halogens is 3. The van der Waals surface area contributed by atoms with E-state index in [0.29, 0.717) is 10.7 Å². The van der Waals surface area contributed by atoms with E-state index in [4.69, 9.17) is 0 Å². The van der Waals surface area contributed by atoms with Crippen LogP contribution in [0.15, 0.2) is 53.0 Å². The van der Waals surface area contributed by atoms with Crippen molar-refractivity contribution in [3.05, 3.63) is 58.5 Å². The predicted octanol–water partition coefficient (Wildman–Crippen LogP) is 5.26. The van der Waals surface area contributed by atoms with E-state index < -0.39 is 11.7 Å². The maximum atomic E-state index is 12.5. The van der Waals surface area contributed by atoms with Crippen LogP contribution in [0.2, 0.25) is 0 Å². The number of hydrogen-bond donors (Lipinski definition) is 1. The third-order valence-corrected chi connectivity index (χ3v) is 5.19. The second-order valence-electron chi connectivity index (χ2n) is 5.55. The normalized spacial score (nSPS) is 11.4. The van der Waals surface area contributed by atoms with Crippen LogP contribution in [0.3, 0.4) is 0 Å². The summed E-state index contributed by atoms with van der Waals surface area (Å²) in [6.07, 6.45) is -3.66. The molecule has 3 aromatic rings. The van der Waals surface area contributed by atoms with Gasteiger partial charge in [0.15, 0.2) is 0 Å². The molecule has 0 aliphatic rings. The van der Waals surface area contributed by atoms with E-state index in [2.05, 4.69) is 15.3 Å². The van der Waals surface area contributed by atoms with Crippen molar-refractivity contribution < 1.29 is 18.0 Å². The van der Waals surface area contributed by atoms with E-state index in [1.54, 1.807) is 17.4 Å². The van der Waals surface area contributed by atoms with Crippen molar-refractivity contribution in [2.24, 2.45) is 0 Å². The molecule has 2 heterocycles. The molecule has 0 aliphatic heterocycles. The van der Waals surface area contributed by atoms with Crippen LogP contribution < -0.4 is 5.32 Å². The van der Waals surface area contributed by atoms with Crippen molar-refractivity contribution >= 4 is 34.7 Å². The van der Waals surface area contributed by atoms with Gasteiger partial charge in [0.25, 0.3) is 0 Å². The smallest absolute Gasteiger partial charge is 0.325 e. The highest BCUT2D eigenvalue weighted by Gasteiger charge is 2.30. The van der Waals surface area contributed by atoms with Crippen LogP contribution in [0, 0.1) is 6.92 Å². The molecule has 0 saturated heterocycles. The molecule has 140 valence electrons. The monoisotopic (exact) mass is 409 g/mol. The minimum absolute atomic E-state index is 0.0401. The first kappa shape index (κ1) is 19.4. The molecule has 9 heteroatoms. The molecule has 2 aromatic heterocycles. The second kappa shape index (κ2) is 8.10. The fraction of sp³-hybridized carbons (Fsp3) is 0.167. The van der Waals surface area contributed by atoms with Crippen LogP contribution in [0.25, 0.3) is 11.3 Å². The number of benzene rings is 1. The maximum absolute atomic E-state index is 12.5. The van der Waals surface area contributed by atoms with Crippen LogP contribution in [-0.2, 0) is 11.0 Å². The Bertz CT molecular complexity index is 940. The van der Waals surface area contributed by atoms with Crippen molar-refractivity contribution in [3.8, 4) is 11.3 Å². The minimum atomic E-state index is -4.42. The Morgan fingerprint density at radius 3 is 2.70 bits per heavy atom. The summed E-state index contributed by atoms with van der Waals surface area (Å²) in [5, 5.41) is 6.03. The highest BCUT2D eigenvalue weighted by Crippen LogP contribution is 2.29. The van der Waals surface area contributed by atoms with E-state index in [9.17, 15) is 18.0 Å². The lowest BCUT2D eigenvalue weighted by Crippen LogP contribution is -2.14. The Labute approximate surface area is 161 Å². The van der Waals surface area contributed by atoms with Gasteiger partial charge in [0.2, 0.25) is 5.91 Å². The van der Waals surface area contributed by atoms with E-state index in [-0.39, 0.29) is 11.7 Å². The molecule has 27 heavy (non-hydrogen) atoms. The van der Waals surface area contributed by atoms with Gasteiger partial charge in [-0.2, -0.15) is 13.2 Å². The summed E-state index contributed by atoms with van der Waals surface area (Å²) in [5.41, 5.74) is 1.56. The number of amides is 1. The number of carbonyl (C=O) groups is 1. The quantitative estimate of drug-likeness (QED) is 0.584. The van der Waals surface area contributed by atoms with Crippen LogP contribution in [0.4, 0.5) is 18.9 Å². The number of hydrogen-bond acceptors (Lipinski definition) is 5. The van der Waals surface area contributed by atoms with E-state index in [0.717, 1.165) is 40.3 Å². The highest BCUT2D eigenvalue weighted by atomic mass is 32.2. The molecule has 1 aromatic carbocycles. The van der Waals surface area contributed by atoms with E-state index >= 15 is 0 Å². The summed E-state index contributed by atoms with van der Waals surface area (Å²) in [6, 6.07) is 9.53. The van der Waals surface area contributed by atoms with Crippen molar-refractivity contribution in [2.75, 3.05) is 11.1 Å². The first-order valence-corrected chi connectivity index (χ1v) is 9.66. The van der Waals surface area contributed by atoms with Gasteiger partial charge in [-0.3, -0.25) is 4.79 Å². The summed E-state index contributed by atoms with van der Waals surface area (Å²) in [6.45, 7) is 1.92. The number of nitrogens with zero attached hydrogens (tertiary/aromatic N) is 2. The van der Waals surface area contributed by atoms with Gasteiger partial charge >= 0.3 is 6.18 Å². The van der Waals surface area contributed by atoms with Gasteiger partial charge in [-0.1, -0.05) is 23.9 Å². The molecule has 3 rings (SSSR count). The molecule has 1 N–H and O–H groups in total. The first-order valence-electron chi connectivity index (χ1n) is 7.80. The summed E-state index contributed by atoms with van der Waals surface area (Å²) < 4.78 is 37.6. The third kappa shape index (κ3) is 5.30. The number of pyridine rings is 1. The zero-order valence-corrected chi connectivity index (χ0v) is 15.7. The largest absolute Gasteiger partial charge is 0.417 e. The van der Waals surface area contributed by atoms with Crippen molar-refractivity contribution in [2.45, 2.75) is 18.1 Å². The van der Waals surface area contributed by atoms with Gasteiger partial charge in [-0.25, -0.2) is 9.97 Å². The Morgan fingerprint density at radius 2 is 2.07 bits per heavy atom. The van der Waals surface area contributed by atoms with Crippen LogP contribution in [0.5, 0.6) is 0 Å². The molecule has 1 amide bonds. The lowest BCUT2D eigenvalue weighted by Gasteiger charge is -2.08. The van der Waals surface area contributed by atoms with E-state index in [1.165, 1.54) is 6.07 Å². The fourth-order valence-corrected chi connectivity index (χ4v) is 3.49. The first-order chi connectivity index (χ1) is 12.8. The Morgan fingerprint density at radius 1 is 1.26 bits per heavy atom. The topological polar surface area (TPSA) is 54.9 Å². The number of anilines is 1. The zero-order valence-electron chi connectivity index (χ0n) is 14.1. The van der Waals surface area contributed by atoms with Gasteiger partial charge in [0, 0.05) is 22.8 Å². The number of aryl methyl sites for hydroxylation is 1.